The van der Waals surface area contributed by atoms with E-state index >= 15 is 0 Å². The van der Waals surface area contributed by atoms with Crippen LogP contribution >= 0.6 is 0 Å². The third kappa shape index (κ3) is 7.32. The molecule has 158 valence electrons. The molecule has 0 heterocycles. The summed E-state index contributed by atoms with van der Waals surface area (Å²) in [6, 6.07) is 15.1. The van der Waals surface area contributed by atoms with Crippen LogP contribution in [0, 0.1) is 0 Å². The SMILES string of the molecule is CCC(O)(CC)CCCC=C(C)c1cccc(OCc2ccc(C(O)O)cc2)c1. The molecule has 0 spiro atoms. The van der Waals surface area contributed by atoms with Gasteiger partial charge in [0.25, 0.3) is 0 Å². The number of hydrogen-bond acceptors (Lipinski definition) is 4. The van der Waals surface area contributed by atoms with Crippen molar-refractivity contribution in [1.82, 2.24) is 0 Å². The van der Waals surface area contributed by atoms with Gasteiger partial charge in [0, 0.05) is 5.56 Å². The van der Waals surface area contributed by atoms with Crippen molar-refractivity contribution in [2.75, 3.05) is 0 Å². The fraction of sp³-hybridized carbons (Fsp3) is 0.440. The Morgan fingerprint density at radius 3 is 2.38 bits per heavy atom. The molecule has 4 nitrogen and oxygen atoms in total. The van der Waals surface area contributed by atoms with Gasteiger partial charge in [-0.1, -0.05) is 56.3 Å². The van der Waals surface area contributed by atoms with Crippen LogP contribution in [0.3, 0.4) is 0 Å². The molecule has 0 radical (unpaired) electrons. The quantitative estimate of drug-likeness (QED) is 0.351. The lowest BCUT2D eigenvalue weighted by Crippen LogP contribution is -2.26. The first-order valence-corrected chi connectivity index (χ1v) is 10.4. The highest BCUT2D eigenvalue weighted by Gasteiger charge is 2.20. The molecule has 2 aromatic rings. The summed E-state index contributed by atoms with van der Waals surface area (Å²) < 4.78 is 5.90. The van der Waals surface area contributed by atoms with E-state index in [4.69, 9.17) is 14.9 Å². The number of hydrogen-bond donors (Lipinski definition) is 3. The van der Waals surface area contributed by atoms with Crippen molar-refractivity contribution < 1.29 is 20.1 Å². The lowest BCUT2D eigenvalue weighted by molar-refractivity contribution is -0.0425. The van der Waals surface area contributed by atoms with Gasteiger partial charge in [0.1, 0.15) is 12.4 Å². The minimum atomic E-state index is -1.45. The molecule has 2 rings (SSSR count). The minimum Gasteiger partial charge on any atom is -0.489 e. The van der Waals surface area contributed by atoms with Gasteiger partial charge in [-0.2, -0.15) is 0 Å². The third-order valence-corrected chi connectivity index (χ3v) is 5.59. The molecule has 0 saturated heterocycles. The van der Waals surface area contributed by atoms with Crippen LogP contribution in [0.2, 0.25) is 0 Å². The summed E-state index contributed by atoms with van der Waals surface area (Å²) in [5.74, 6) is 0.799. The molecule has 0 saturated carbocycles. The van der Waals surface area contributed by atoms with E-state index < -0.39 is 11.9 Å². The van der Waals surface area contributed by atoms with Gasteiger partial charge in [0.15, 0.2) is 6.29 Å². The maximum absolute atomic E-state index is 10.4. The Kier molecular flexibility index (Phi) is 8.90. The van der Waals surface area contributed by atoms with Crippen LogP contribution in [-0.4, -0.2) is 20.9 Å². The highest BCUT2D eigenvalue weighted by atomic mass is 16.5. The van der Waals surface area contributed by atoms with E-state index in [0.717, 1.165) is 49.0 Å². The molecule has 0 bridgehead atoms. The summed E-state index contributed by atoms with van der Waals surface area (Å²) >= 11 is 0. The van der Waals surface area contributed by atoms with Gasteiger partial charge in [-0.25, -0.2) is 0 Å². The van der Waals surface area contributed by atoms with Crippen LogP contribution in [-0.2, 0) is 6.61 Å². The van der Waals surface area contributed by atoms with E-state index in [1.165, 1.54) is 5.57 Å². The van der Waals surface area contributed by atoms with Crippen LogP contribution in [0.4, 0.5) is 0 Å². The fourth-order valence-electron chi connectivity index (χ4n) is 3.25. The van der Waals surface area contributed by atoms with Crippen molar-refractivity contribution in [2.45, 2.75) is 71.4 Å². The van der Waals surface area contributed by atoms with Gasteiger partial charge in [-0.3, -0.25) is 0 Å². The van der Waals surface area contributed by atoms with E-state index in [-0.39, 0.29) is 0 Å². The minimum absolute atomic E-state index is 0.417. The molecule has 0 unspecified atom stereocenters. The van der Waals surface area contributed by atoms with Crippen LogP contribution in [0.5, 0.6) is 5.75 Å². The van der Waals surface area contributed by atoms with Crippen molar-refractivity contribution in [2.24, 2.45) is 0 Å². The van der Waals surface area contributed by atoms with Crippen molar-refractivity contribution in [3.63, 3.8) is 0 Å². The second-order valence-electron chi connectivity index (χ2n) is 7.64. The summed E-state index contributed by atoms with van der Waals surface area (Å²) in [7, 11) is 0. The van der Waals surface area contributed by atoms with E-state index in [0.29, 0.717) is 12.2 Å². The standard InChI is InChI=1S/C25H34O4/c1-4-25(28,5-2)16-7-6-9-19(3)22-10-8-11-23(17-22)29-18-20-12-14-21(15-13-20)24(26)27/h8-15,17,24,26-28H,4-7,16,18H2,1-3H3. The largest absolute Gasteiger partial charge is 0.489 e. The Labute approximate surface area is 174 Å². The second-order valence-corrected chi connectivity index (χ2v) is 7.64. The number of allylic oxidation sites excluding steroid dienone is 2. The summed E-state index contributed by atoms with van der Waals surface area (Å²) in [4.78, 5) is 0. The molecule has 0 aliphatic carbocycles. The summed E-state index contributed by atoms with van der Waals surface area (Å²) in [5, 5.41) is 28.7. The normalized spacial score (nSPS) is 12.4. The van der Waals surface area contributed by atoms with Gasteiger partial charge >= 0.3 is 0 Å². The number of rotatable bonds is 11. The van der Waals surface area contributed by atoms with Crippen LogP contribution < -0.4 is 4.74 Å². The van der Waals surface area contributed by atoms with Gasteiger partial charge < -0.3 is 20.1 Å². The molecule has 0 atom stereocenters. The van der Waals surface area contributed by atoms with Crippen molar-refractivity contribution >= 4 is 5.57 Å². The smallest absolute Gasteiger partial charge is 0.178 e. The average Bonchev–Trinajstić information content (AvgIpc) is 2.75. The summed E-state index contributed by atoms with van der Waals surface area (Å²) in [5.41, 5.74) is 3.23. The molecule has 0 aromatic heterocycles. The Balaban J connectivity index is 1.90. The fourth-order valence-corrected chi connectivity index (χ4v) is 3.25. The predicted octanol–water partition coefficient (Wildman–Crippen LogP) is 5.37. The zero-order chi connectivity index (χ0) is 21.3. The second kappa shape index (κ2) is 11.1. The Morgan fingerprint density at radius 1 is 1.07 bits per heavy atom. The molecule has 4 heteroatoms. The molecule has 0 amide bonds. The molecule has 0 aliphatic heterocycles. The van der Waals surface area contributed by atoms with Gasteiger partial charge in [0.05, 0.1) is 5.60 Å². The highest BCUT2D eigenvalue weighted by Crippen LogP contribution is 2.25. The number of unbranched alkanes of at least 4 members (excludes halogenated alkanes) is 1. The topological polar surface area (TPSA) is 69.9 Å². The maximum atomic E-state index is 10.4. The first-order chi connectivity index (χ1) is 13.9. The third-order valence-electron chi connectivity index (χ3n) is 5.59. The lowest BCUT2D eigenvalue weighted by atomic mass is 9.91. The van der Waals surface area contributed by atoms with Crippen molar-refractivity contribution in [1.29, 1.82) is 0 Å². The molecular weight excluding hydrogens is 364 g/mol. The number of aliphatic hydroxyl groups is 3. The monoisotopic (exact) mass is 398 g/mol. The Morgan fingerprint density at radius 2 is 1.76 bits per heavy atom. The van der Waals surface area contributed by atoms with E-state index in [2.05, 4.69) is 19.1 Å². The summed E-state index contributed by atoms with van der Waals surface area (Å²) in [6.07, 6.45) is 5.13. The maximum Gasteiger partial charge on any atom is 0.178 e. The van der Waals surface area contributed by atoms with Gasteiger partial charge in [0.2, 0.25) is 0 Å². The predicted molar refractivity (Wildman–Crippen MR) is 117 cm³/mol. The Hall–Kier alpha value is -2.14. The molecular formula is C25H34O4. The lowest BCUT2D eigenvalue weighted by Gasteiger charge is -2.24. The molecule has 2 aromatic carbocycles. The average molecular weight is 399 g/mol. The number of benzene rings is 2. The van der Waals surface area contributed by atoms with Gasteiger partial charge in [-0.05, 0) is 67.9 Å². The first kappa shape index (κ1) is 23.1. The molecule has 3 N–H and O–H groups in total. The highest BCUT2D eigenvalue weighted by molar-refractivity contribution is 5.64. The van der Waals surface area contributed by atoms with Gasteiger partial charge in [-0.15, -0.1) is 0 Å². The van der Waals surface area contributed by atoms with E-state index in [9.17, 15) is 5.11 Å². The van der Waals surface area contributed by atoms with Crippen LogP contribution in [0.15, 0.2) is 54.6 Å². The van der Waals surface area contributed by atoms with E-state index in [1.807, 2.05) is 44.2 Å². The van der Waals surface area contributed by atoms with Crippen molar-refractivity contribution in [3.05, 3.63) is 71.3 Å². The summed E-state index contributed by atoms with van der Waals surface area (Å²) in [6.45, 7) is 6.60. The van der Waals surface area contributed by atoms with E-state index in [1.54, 1.807) is 12.1 Å². The molecule has 0 aliphatic rings. The molecule has 0 fully saturated rings. The van der Waals surface area contributed by atoms with Crippen LogP contribution in [0.1, 0.15) is 75.9 Å². The Bertz CT molecular complexity index is 774. The first-order valence-electron chi connectivity index (χ1n) is 10.4. The zero-order valence-corrected chi connectivity index (χ0v) is 17.8. The zero-order valence-electron chi connectivity index (χ0n) is 17.8. The number of ether oxygens (including phenoxy) is 1. The number of aliphatic hydroxyl groups excluding tert-OH is 1. The van der Waals surface area contributed by atoms with Crippen molar-refractivity contribution in [3.8, 4) is 5.75 Å². The van der Waals surface area contributed by atoms with Crippen LogP contribution in [0.25, 0.3) is 5.57 Å². The molecule has 29 heavy (non-hydrogen) atoms.